The Hall–Kier alpha value is -2.73. The summed E-state index contributed by atoms with van der Waals surface area (Å²) in [6.07, 6.45) is 2.52. The fourth-order valence-corrected chi connectivity index (χ4v) is 3.57. The number of rotatable bonds is 2. The molecule has 2 aromatic heterocycles. The number of nitrogens with zero attached hydrogens (tertiary/aromatic N) is 3. The molecule has 1 aliphatic rings. The second-order valence-electron chi connectivity index (χ2n) is 5.77. The fraction of sp³-hybridized carbons (Fsp3) is 0.167. The quantitative estimate of drug-likeness (QED) is 0.781. The van der Waals surface area contributed by atoms with Crippen molar-refractivity contribution >= 4 is 23.2 Å². The van der Waals surface area contributed by atoms with Gasteiger partial charge in [0.1, 0.15) is 0 Å². The van der Waals surface area contributed by atoms with Crippen molar-refractivity contribution < 1.29 is 4.79 Å². The Kier molecular flexibility index (Phi) is 3.74. The Bertz CT molecular complexity index is 875. The molecule has 1 aromatic carbocycles. The number of anilines is 1. The lowest BCUT2D eigenvalue weighted by Crippen LogP contribution is -2.36. The van der Waals surface area contributed by atoms with E-state index in [0.717, 1.165) is 23.2 Å². The number of nitrogen functional groups attached to an aromatic ring is 1. The van der Waals surface area contributed by atoms with Gasteiger partial charge < -0.3 is 10.6 Å². The summed E-state index contributed by atoms with van der Waals surface area (Å²) in [7, 11) is 0. The van der Waals surface area contributed by atoms with Gasteiger partial charge in [0.25, 0.3) is 5.91 Å². The standard InChI is InChI=1S/C18H16N4OS/c19-18-20-9-14-5-7-22(10-16(14)21-18)17(23)13-3-1-12(2-4-13)15-6-8-24-11-15/h1-4,6,8-9,11H,5,7,10H2,(H2,19,20,21). The minimum Gasteiger partial charge on any atom is -0.368 e. The van der Waals surface area contributed by atoms with Gasteiger partial charge in [-0.25, -0.2) is 9.97 Å². The van der Waals surface area contributed by atoms with Gasteiger partial charge in [-0.1, -0.05) is 12.1 Å². The van der Waals surface area contributed by atoms with Crippen LogP contribution in [0.25, 0.3) is 11.1 Å². The van der Waals surface area contributed by atoms with E-state index in [9.17, 15) is 4.79 Å². The maximum atomic E-state index is 12.7. The maximum absolute atomic E-state index is 12.7. The number of fused-ring (bicyclic) bond motifs is 1. The summed E-state index contributed by atoms with van der Waals surface area (Å²) in [4.78, 5) is 22.8. The van der Waals surface area contributed by atoms with Crippen molar-refractivity contribution in [2.24, 2.45) is 0 Å². The first kappa shape index (κ1) is 14.8. The first-order valence-corrected chi connectivity index (χ1v) is 8.67. The van der Waals surface area contributed by atoms with Gasteiger partial charge in [0.2, 0.25) is 5.95 Å². The van der Waals surface area contributed by atoms with Crippen molar-refractivity contribution in [1.29, 1.82) is 0 Å². The molecule has 6 heteroatoms. The van der Waals surface area contributed by atoms with Crippen LogP contribution in [0, 0.1) is 0 Å². The molecule has 1 amide bonds. The van der Waals surface area contributed by atoms with Crippen LogP contribution in [0.1, 0.15) is 21.6 Å². The molecule has 0 radical (unpaired) electrons. The number of aromatic nitrogens is 2. The van der Waals surface area contributed by atoms with Gasteiger partial charge >= 0.3 is 0 Å². The molecule has 24 heavy (non-hydrogen) atoms. The number of hydrogen-bond donors (Lipinski definition) is 1. The van der Waals surface area contributed by atoms with E-state index in [-0.39, 0.29) is 11.9 Å². The number of amides is 1. The van der Waals surface area contributed by atoms with Gasteiger partial charge in [0.15, 0.2) is 0 Å². The van der Waals surface area contributed by atoms with Crippen LogP contribution >= 0.6 is 11.3 Å². The second kappa shape index (κ2) is 6.05. The molecule has 0 unspecified atom stereocenters. The molecule has 0 saturated heterocycles. The smallest absolute Gasteiger partial charge is 0.254 e. The van der Waals surface area contributed by atoms with Crippen molar-refractivity contribution in [2.75, 3.05) is 12.3 Å². The first-order chi connectivity index (χ1) is 11.7. The zero-order chi connectivity index (χ0) is 16.5. The summed E-state index contributed by atoms with van der Waals surface area (Å²) in [6.45, 7) is 1.15. The topological polar surface area (TPSA) is 72.1 Å². The molecule has 0 bridgehead atoms. The van der Waals surface area contributed by atoms with Gasteiger partial charge in [-0.3, -0.25) is 4.79 Å². The van der Waals surface area contributed by atoms with Crippen molar-refractivity contribution in [3.8, 4) is 11.1 Å². The monoisotopic (exact) mass is 336 g/mol. The van der Waals surface area contributed by atoms with E-state index < -0.39 is 0 Å². The number of carbonyl (C=O) groups excluding carboxylic acids is 1. The van der Waals surface area contributed by atoms with Crippen LogP contribution in [0.5, 0.6) is 0 Å². The van der Waals surface area contributed by atoms with Gasteiger partial charge in [-0.05, 0) is 52.1 Å². The van der Waals surface area contributed by atoms with Crippen LogP contribution in [0.15, 0.2) is 47.3 Å². The number of carbonyl (C=O) groups is 1. The average molecular weight is 336 g/mol. The number of hydrogen-bond acceptors (Lipinski definition) is 5. The van der Waals surface area contributed by atoms with Gasteiger partial charge in [0.05, 0.1) is 12.2 Å². The molecule has 3 aromatic rings. The molecular formula is C18H16N4OS. The van der Waals surface area contributed by atoms with Gasteiger partial charge in [0, 0.05) is 18.3 Å². The molecule has 0 spiro atoms. The lowest BCUT2D eigenvalue weighted by molar-refractivity contribution is 0.0732. The molecule has 5 nitrogen and oxygen atoms in total. The summed E-state index contributed by atoms with van der Waals surface area (Å²) in [5.74, 6) is 0.276. The Balaban J connectivity index is 1.54. The van der Waals surface area contributed by atoms with E-state index in [1.54, 1.807) is 17.5 Å². The largest absolute Gasteiger partial charge is 0.368 e. The highest BCUT2D eigenvalue weighted by atomic mass is 32.1. The van der Waals surface area contributed by atoms with Gasteiger partial charge in [-0.2, -0.15) is 11.3 Å². The van der Waals surface area contributed by atoms with Crippen LogP contribution in [-0.4, -0.2) is 27.3 Å². The first-order valence-electron chi connectivity index (χ1n) is 7.73. The number of benzene rings is 1. The summed E-state index contributed by atoms with van der Waals surface area (Å²) in [5, 5.41) is 4.15. The fourth-order valence-electron chi connectivity index (χ4n) is 2.91. The Labute approximate surface area is 143 Å². The summed E-state index contributed by atoms with van der Waals surface area (Å²) >= 11 is 1.66. The third kappa shape index (κ3) is 2.76. The van der Waals surface area contributed by atoms with Crippen LogP contribution < -0.4 is 5.73 Å². The highest BCUT2D eigenvalue weighted by Gasteiger charge is 2.23. The lowest BCUT2D eigenvalue weighted by atomic mass is 10.0. The maximum Gasteiger partial charge on any atom is 0.254 e. The number of thiophene rings is 1. The zero-order valence-corrected chi connectivity index (χ0v) is 13.8. The van der Waals surface area contributed by atoms with Crippen molar-refractivity contribution in [3.05, 3.63) is 64.1 Å². The predicted molar refractivity (Wildman–Crippen MR) is 94.6 cm³/mol. The molecule has 0 atom stereocenters. The van der Waals surface area contributed by atoms with E-state index in [0.29, 0.717) is 18.7 Å². The van der Waals surface area contributed by atoms with Crippen LogP contribution in [0.2, 0.25) is 0 Å². The third-order valence-electron chi connectivity index (χ3n) is 4.24. The molecule has 1 aliphatic heterocycles. The molecule has 0 aliphatic carbocycles. The Morgan fingerprint density at radius 2 is 2.00 bits per heavy atom. The van der Waals surface area contributed by atoms with Gasteiger partial charge in [-0.15, -0.1) is 0 Å². The molecule has 120 valence electrons. The third-order valence-corrected chi connectivity index (χ3v) is 4.92. The minimum atomic E-state index is 0.0229. The zero-order valence-electron chi connectivity index (χ0n) is 13.0. The summed E-state index contributed by atoms with van der Waals surface area (Å²) < 4.78 is 0. The second-order valence-corrected chi connectivity index (χ2v) is 6.55. The number of nitrogens with two attached hydrogens (primary N) is 1. The molecule has 3 heterocycles. The van der Waals surface area contributed by atoms with E-state index in [2.05, 4.69) is 21.4 Å². The van der Waals surface area contributed by atoms with Crippen LogP contribution in [0.3, 0.4) is 0 Å². The Morgan fingerprint density at radius 3 is 2.75 bits per heavy atom. The molecular weight excluding hydrogens is 320 g/mol. The van der Waals surface area contributed by atoms with E-state index in [1.165, 1.54) is 5.56 Å². The minimum absolute atomic E-state index is 0.0229. The van der Waals surface area contributed by atoms with E-state index >= 15 is 0 Å². The summed E-state index contributed by atoms with van der Waals surface area (Å²) in [6, 6.07) is 9.84. The van der Waals surface area contributed by atoms with Crippen molar-refractivity contribution in [3.63, 3.8) is 0 Å². The van der Waals surface area contributed by atoms with Crippen LogP contribution in [-0.2, 0) is 13.0 Å². The molecule has 2 N–H and O–H groups in total. The highest BCUT2D eigenvalue weighted by Crippen LogP contribution is 2.24. The SMILES string of the molecule is Nc1ncc2c(n1)CN(C(=O)c1ccc(-c3ccsc3)cc1)CC2. The summed E-state index contributed by atoms with van der Waals surface area (Å²) in [5.41, 5.74) is 10.6. The average Bonchev–Trinajstić information content (AvgIpc) is 3.15. The molecule has 0 saturated carbocycles. The van der Waals surface area contributed by atoms with Crippen LogP contribution in [0.4, 0.5) is 5.95 Å². The normalized spacial score (nSPS) is 13.6. The van der Waals surface area contributed by atoms with Crippen molar-refractivity contribution in [1.82, 2.24) is 14.9 Å². The lowest BCUT2D eigenvalue weighted by Gasteiger charge is -2.28. The highest BCUT2D eigenvalue weighted by molar-refractivity contribution is 7.08. The molecule has 4 rings (SSSR count). The van der Waals surface area contributed by atoms with Crippen molar-refractivity contribution in [2.45, 2.75) is 13.0 Å². The van der Waals surface area contributed by atoms with E-state index in [1.807, 2.05) is 34.5 Å². The predicted octanol–water partition coefficient (Wildman–Crippen LogP) is 2.99. The Morgan fingerprint density at radius 1 is 1.17 bits per heavy atom. The molecule has 0 fully saturated rings. The van der Waals surface area contributed by atoms with E-state index in [4.69, 9.17) is 5.73 Å².